The van der Waals surface area contributed by atoms with E-state index in [4.69, 9.17) is 4.74 Å². The van der Waals surface area contributed by atoms with Gasteiger partial charge in [0.05, 0.1) is 6.10 Å². The van der Waals surface area contributed by atoms with Gasteiger partial charge in [-0.25, -0.2) is 0 Å². The largest absolute Gasteiger partial charge is 0.378 e. The van der Waals surface area contributed by atoms with Gasteiger partial charge in [-0.3, -0.25) is 0 Å². The van der Waals surface area contributed by atoms with Crippen LogP contribution in [0, 0.1) is 5.92 Å². The van der Waals surface area contributed by atoms with E-state index >= 15 is 0 Å². The quantitative estimate of drug-likeness (QED) is 0.755. The molecule has 2 aliphatic rings. The topological polar surface area (TPSA) is 21.3 Å². The molecule has 0 bridgehead atoms. The highest BCUT2D eigenvalue weighted by atomic mass is 16.5. The van der Waals surface area contributed by atoms with Crippen molar-refractivity contribution in [1.29, 1.82) is 0 Å². The first-order valence-corrected chi connectivity index (χ1v) is 6.67. The SMILES string of the molecule is CNC(CC1CCCC1)CC1CCCO1. The average molecular weight is 211 g/mol. The van der Waals surface area contributed by atoms with Gasteiger partial charge < -0.3 is 10.1 Å². The maximum atomic E-state index is 5.71. The van der Waals surface area contributed by atoms with Gasteiger partial charge in [0.1, 0.15) is 0 Å². The smallest absolute Gasteiger partial charge is 0.0590 e. The van der Waals surface area contributed by atoms with Gasteiger partial charge in [-0.15, -0.1) is 0 Å². The zero-order valence-electron chi connectivity index (χ0n) is 10.0. The molecule has 1 aliphatic heterocycles. The summed E-state index contributed by atoms with van der Waals surface area (Å²) in [5, 5.41) is 3.48. The lowest BCUT2D eigenvalue weighted by Crippen LogP contribution is -2.31. The van der Waals surface area contributed by atoms with Crippen LogP contribution in [0.15, 0.2) is 0 Å². The van der Waals surface area contributed by atoms with Crippen LogP contribution in [0.2, 0.25) is 0 Å². The van der Waals surface area contributed by atoms with Crippen LogP contribution >= 0.6 is 0 Å². The highest BCUT2D eigenvalue weighted by Gasteiger charge is 2.23. The predicted molar refractivity (Wildman–Crippen MR) is 63.0 cm³/mol. The van der Waals surface area contributed by atoms with Crippen molar-refractivity contribution in [3.63, 3.8) is 0 Å². The fraction of sp³-hybridized carbons (Fsp3) is 1.00. The monoisotopic (exact) mass is 211 g/mol. The number of hydrogen-bond acceptors (Lipinski definition) is 2. The van der Waals surface area contributed by atoms with Crippen molar-refractivity contribution in [2.75, 3.05) is 13.7 Å². The molecule has 1 saturated carbocycles. The van der Waals surface area contributed by atoms with Crippen LogP contribution in [0.4, 0.5) is 0 Å². The van der Waals surface area contributed by atoms with E-state index in [1.165, 1.54) is 51.4 Å². The number of ether oxygens (including phenoxy) is 1. The van der Waals surface area contributed by atoms with Crippen molar-refractivity contribution < 1.29 is 4.74 Å². The summed E-state index contributed by atoms with van der Waals surface area (Å²) in [7, 11) is 2.11. The molecule has 2 heteroatoms. The lowest BCUT2D eigenvalue weighted by Gasteiger charge is -2.22. The second-order valence-corrected chi connectivity index (χ2v) is 5.24. The molecule has 0 amide bonds. The maximum absolute atomic E-state index is 5.71. The molecule has 2 fully saturated rings. The Kier molecular flexibility index (Phi) is 4.45. The fourth-order valence-electron chi connectivity index (χ4n) is 3.13. The Labute approximate surface area is 93.8 Å². The molecule has 88 valence electrons. The summed E-state index contributed by atoms with van der Waals surface area (Å²) < 4.78 is 5.71. The van der Waals surface area contributed by atoms with E-state index in [9.17, 15) is 0 Å². The zero-order valence-corrected chi connectivity index (χ0v) is 10.0. The van der Waals surface area contributed by atoms with Gasteiger partial charge in [-0.1, -0.05) is 25.7 Å². The van der Waals surface area contributed by atoms with Gasteiger partial charge in [0.15, 0.2) is 0 Å². The number of rotatable bonds is 5. The molecule has 2 unspecified atom stereocenters. The summed E-state index contributed by atoms with van der Waals surface area (Å²) in [6, 6.07) is 0.691. The van der Waals surface area contributed by atoms with Gasteiger partial charge in [0, 0.05) is 12.6 Å². The lowest BCUT2D eigenvalue weighted by atomic mass is 9.94. The van der Waals surface area contributed by atoms with Gasteiger partial charge in [-0.05, 0) is 38.6 Å². The molecule has 1 saturated heterocycles. The molecule has 1 heterocycles. The standard InChI is InChI=1S/C13H25NO/c1-14-12(9-11-5-2-3-6-11)10-13-7-4-8-15-13/h11-14H,2-10H2,1H3. The Balaban J connectivity index is 1.70. The van der Waals surface area contributed by atoms with Crippen LogP contribution in [-0.4, -0.2) is 25.8 Å². The van der Waals surface area contributed by atoms with E-state index in [1.807, 2.05) is 0 Å². The minimum atomic E-state index is 0.545. The highest BCUT2D eigenvalue weighted by Crippen LogP contribution is 2.30. The molecular weight excluding hydrogens is 186 g/mol. The summed E-state index contributed by atoms with van der Waals surface area (Å²) in [4.78, 5) is 0. The summed E-state index contributed by atoms with van der Waals surface area (Å²) in [5.41, 5.74) is 0. The Hall–Kier alpha value is -0.0800. The van der Waals surface area contributed by atoms with Crippen molar-refractivity contribution >= 4 is 0 Å². The highest BCUT2D eigenvalue weighted by molar-refractivity contribution is 4.78. The van der Waals surface area contributed by atoms with E-state index in [2.05, 4.69) is 12.4 Å². The van der Waals surface area contributed by atoms with Gasteiger partial charge in [0.25, 0.3) is 0 Å². The van der Waals surface area contributed by atoms with Gasteiger partial charge in [-0.2, -0.15) is 0 Å². The van der Waals surface area contributed by atoms with Crippen LogP contribution in [-0.2, 0) is 4.74 Å². The average Bonchev–Trinajstić information content (AvgIpc) is 2.89. The number of nitrogens with one attached hydrogen (secondary N) is 1. The molecule has 2 nitrogen and oxygen atoms in total. The second-order valence-electron chi connectivity index (χ2n) is 5.24. The third-order valence-corrected chi connectivity index (χ3v) is 4.07. The van der Waals surface area contributed by atoms with Crippen LogP contribution in [0.25, 0.3) is 0 Å². The molecule has 0 spiro atoms. The summed E-state index contributed by atoms with van der Waals surface area (Å²) in [5.74, 6) is 0.990. The van der Waals surface area contributed by atoms with E-state index < -0.39 is 0 Å². The minimum Gasteiger partial charge on any atom is -0.378 e. The van der Waals surface area contributed by atoms with E-state index in [1.54, 1.807) is 0 Å². The summed E-state index contributed by atoms with van der Waals surface area (Å²) in [6.45, 7) is 0.991. The van der Waals surface area contributed by atoms with Crippen LogP contribution < -0.4 is 5.32 Å². The predicted octanol–water partition coefficient (Wildman–Crippen LogP) is 2.72. The van der Waals surface area contributed by atoms with Crippen molar-refractivity contribution in [3.05, 3.63) is 0 Å². The van der Waals surface area contributed by atoms with Crippen molar-refractivity contribution in [2.45, 2.75) is 63.5 Å². The molecule has 0 aromatic rings. The van der Waals surface area contributed by atoms with Crippen molar-refractivity contribution in [1.82, 2.24) is 5.32 Å². The lowest BCUT2D eigenvalue weighted by molar-refractivity contribution is 0.0925. The third-order valence-electron chi connectivity index (χ3n) is 4.07. The molecular formula is C13H25NO. The van der Waals surface area contributed by atoms with E-state index in [0.29, 0.717) is 12.1 Å². The first-order chi connectivity index (χ1) is 7.38. The Bertz CT molecular complexity index is 153. The minimum absolute atomic E-state index is 0.545. The molecule has 2 rings (SSSR count). The molecule has 15 heavy (non-hydrogen) atoms. The Morgan fingerprint density at radius 3 is 2.53 bits per heavy atom. The summed E-state index contributed by atoms with van der Waals surface area (Å²) >= 11 is 0. The van der Waals surface area contributed by atoms with E-state index in [-0.39, 0.29) is 0 Å². The van der Waals surface area contributed by atoms with Crippen molar-refractivity contribution in [3.8, 4) is 0 Å². The molecule has 0 aromatic carbocycles. The Morgan fingerprint density at radius 1 is 1.13 bits per heavy atom. The molecule has 0 aromatic heterocycles. The fourth-order valence-corrected chi connectivity index (χ4v) is 3.13. The van der Waals surface area contributed by atoms with Crippen LogP contribution in [0.3, 0.4) is 0 Å². The van der Waals surface area contributed by atoms with E-state index in [0.717, 1.165) is 12.5 Å². The van der Waals surface area contributed by atoms with Crippen LogP contribution in [0.1, 0.15) is 51.4 Å². The maximum Gasteiger partial charge on any atom is 0.0590 e. The molecule has 1 N–H and O–H groups in total. The van der Waals surface area contributed by atoms with Gasteiger partial charge >= 0.3 is 0 Å². The first kappa shape index (κ1) is 11.4. The normalized spacial score (nSPS) is 29.8. The molecule has 1 aliphatic carbocycles. The molecule has 0 radical (unpaired) electrons. The number of hydrogen-bond donors (Lipinski definition) is 1. The zero-order chi connectivity index (χ0) is 10.5. The Morgan fingerprint density at radius 2 is 1.93 bits per heavy atom. The third kappa shape index (κ3) is 3.46. The van der Waals surface area contributed by atoms with Crippen molar-refractivity contribution in [2.24, 2.45) is 5.92 Å². The van der Waals surface area contributed by atoms with Gasteiger partial charge in [0.2, 0.25) is 0 Å². The van der Waals surface area contributed by atoms with Crippen LogP contribution in [0.5, 0.6) is 0 Å². The summed E-state index contributed by atoms with van der Waals surface area (Å²) in [6.07, 6.45) is 11.5. The molecule has 2 atom stereocenters. The first-order valence-electron chi connectivity index (χ1n) is 6.67. The second kappa shape index (κ2) is 5.86.